The number of amides is 1. The molecule has 1 aromatic rings. The predicted molar refractivity (Wildman–Crippen MR) is 83.0 cm³/mol. The van der Waals surface area contributed by atoms with E-state index < -0.39 is 0 Å². The van der Waals surface area contributed by atoms with Crippen molar-refractivity contribution in [2.45, 2.75) is 26.4 Å². The highest BCUT2D eigenvalue weighted by Crippen LogP contribution is 2.19. The minimum absolute atomic E-state index is 0.0528. The maximum absolute atomic E-state index is 12.3. The third-order valence-electron chi connectivity index (χ3n) is 3.88. The number of nitrogens with one attached hydrogen (secondary N) is 1. The van der Waals surface area contributed by atoms with E-state index in [2.05, 4.69) is 24.1 Å². The summed E-state index contributed by atoms with van der Waals surface area (Å²) in [6, 6.07) is 5.64. The largest absolute Gasteiger partial charge is 0.378 e. The summed E-state index contributed by atoms with van der Waals surface area (Å²) in [5.74, 6) is 6.10. The number of ether oxygens (including phenoxy) is 1. The summed E-state index contributed by atoms with van der Waals surface area (Å²) in [5.41, 5.74) is 7.80. The molecule has 1 aliphatic rings. The molecule has 1 aromatic carbocycles. The average molecular weight is 286 g/mol. The first kappa shape index (κ1) is 15.6. The number of nitrogens with two attached hydrogens (primary N) is 1. The van der Waals surface area contributed by atoms with Gasteiger partial charge in [-0.25, -0.2) is 0 Å². The Morgan fingerprint density at radius 1 is 1.52 bits per heavy atom. The first-order valence-electron chi connectivity index (χ1n) is 7.31. The van der Waals surface area contributed by atoms with Crippen molar-refractivity contribution in [3.05, 3.63) is 34.9 Å². The van der Waals surface area contributed by atoms with Crippen molar-refractivity contribution < 1.29 is 9.53 Å². The van der Waals surface area contributed by atoms with Crippen molar-refractivity contribution in [3.63, 3.8) is 0 Å². The zero-order valence-electron chi connectivity index (χ0n) is 12.6. The Balaban J connectivity index is 2.04. The van der Waals surface area contributed by atoms with Gasteiger partial charge in [-0.3, -0.25) is 4.79 Å². The molecule has 0 radical (unpaired) electrons. The standard InChI is InChI=1S/C17H22N2O2/c1-12-5-6-14(4-3-8-18)10-16(12)17(20)19-11-15-7-9-21-13(15)2/h5-6,10,13,15H,7-9,11,18H2,1-2H3,(H,19,20). The summed E-state index contributed by atoms with van der Waals surface area (Å²) in [7, 11) is 0. The third-order valence-corrected chi connectivity index (χ3v) is 3.88. The van der Waals surface area contributed by atoms with Gasteiger partial charge in [0.25, 0.3) is 5.91 Å². The fraction of sp³-hybridized carbons (Fsp3) is 0.471. The van der Waals surface area contributed by atoms with Crippen molar-refractivity contribution in [1.29, 1.82) is 0 Å². The average Bonchev–Trinajstić information content (AvgIpc) is 2.89. The van der Waals surface area contributed by atoms with Crippen molar-refractivity contribution in [3.8, 4) is 11.8 Å². The first-order chi connectivity index (χ1) is 10.1. The molecule has 112 valence electrons. The number of hydrogen-bond acceptors (Lipinski definition) is 3. The van der Waals surface area contributed by atoms with Crippen LogP contribution < -0.4 is 11.1 Å². The molecule has 0 bridgehead atoms. The number of rotatable bonds is 3. The van der Waals surface area contributed by atoms with Crippen LogP contribution in [0.3, 0.4) is 0 Å². The van der Waals surface area contributed by atoms with Gasteiger partial charge < -0.3 is 15.8 Å². The van der Waals surface area contributed by atoms with Crippen molar-refractivity contribution >= 4 is 5.91 Å². The number of benzene rings is 1. The van der Waals surface area contributed by atoms with E-state index in [4.69, 9.17) is 10.5 Å². The summed E-state index contributed by atoms with van der Waals surface area (Å²) in [6.07, 6.45) is 1.22. The van der Waals surface area contributed by atoms with Crippen LogP contribution in [0.1, 0.15) is 34.8 Å². The molecule has 4 heteroatoms. The van der Waals surface area contributed by atoms with Gasteiger partial charge in [-0.05, 0) is 38.0 Å². The molecule has 1 saturated heterocycles. The van der Waals surface area contributed by atoms with Gasteiger partial charge in [-0.15, -0.1) is 0 Å². The molecule has 21 heavy (non-hydrogen) atoms. The van der Waals surface area contributed by atoms with Gasteiger partial charge in [0.2, 0.25) is 0 Å². The lowest BCUT2D eigenvalue weighted by molar-refractivity contribution is 0.0907. The molecular weight excluding hydrogens is 264 g/mol. The van der Waals surface area contributed by atoms with E-state index in [1.54, 1.807) is 0 Å². The molecule has 2 rings (SSSR count). The van der Waals surface area contributed by atoms with Crippen LogP contribution in [-0.2, 0) is 4.74 Å². The fourth-order valence-electron chi connectivity index (χ4n) is 2.46. The Morgan fingerprint density at radius 3 is 3.00 bits per heavy atom. The van der Waals surface area contributed by atoms with Crippen molar-refractivity contribution in [2.24, 2.45) is 11.7 Å². The number of aryl methyl sites for hydroxylation is 1. The molecule has 1 heterocycles. The van der Waals surface area contributed by atoms with Crippen molar-refractivity contribution in [1.82, 2.24) is 5.32 Å². The monoisotopic (exact) mass is 286 g/mol. The van der Waals surface area contributed by atoms with Gasteiger partial charge in [0.1, 0.15) is 0 Å². The van der Waals surface area contributed by atoms with E-state index in [-0.39, 0.29) is 12.0 Å². The summed E-state index contributed by atoms with van der Waals surface area (Å²) in [5, 5.41) is 3.00. The third kappa shape index (κ3) is 4.07. The topological polar surface area (TPSA) is 64.4 Å². The molecule has 4 nitrogen and oxygen atoms in total. The van der Waals surface area contributed by atoms with Crippen LogP contribution >= 0.6 is 0 Å². The lowest BCUT2D eigenvalue weighted by Crippen LogP contribution is -2.32. The number of hydrogen-bond donors (Lipinski definition) is 2. The molecule has 1 amide bonds. The summed E-state index contributed by atoms with van der Waals surface area (Å²) < 4.78 is 5.51. The molecule has 0 aromatic heterocycles. The second-order valence-electron chi connectivity index (χ2n) is 5.37. The lowest BCUT2D eigenvalue weighted by atomic mass is 10.0. The van der Waals surface area contributed by atoms with E-state index in [9.17, 15) is 4.79 Å². The number of carbonyl (C=O) groups is 1. The zero-order chi connectivity index (χ0) is 15.2. The molecule has 3 N–H and O–H groups in total. The minimum Gasteiger partial charge on any atom is -0.378 e. The van der Waals surface area contributed by atoms with Crippen LogP contribution in [0, 0.1) is 24.7 Å². The molecule has 2 atom stereocenters. The van der Waals surface area contributed by atoms with Gasteiger partial charge >= 0.3 is 0 Å². The zero-order valence-corrected chi connectivity index (χ0v) is 12.6. The van der Waals surface area contributed by atoms with E-state index in [0.717, 1.165) is 24.2 Å². The Morgan fingerprint density at radius 2 is 2.33 bits per heavy atom. The molecule has 0 spiro atoms. The summed E-state index contributed by atoms with van der Waals surface area (Å²) in [6.45, 7) is 5.73. The molecule has 1 fully saturated rings. The first-order valence-corrected chi connectivity index (χ1v) is 7.31. The highest BCUT2D eigenvalue weighted by atomic mass is 16.5. The minimum atomic E-state index is -0.0528. The van der Waals surface area contributed by atoms with Gasteiger partial charge in [0.05, 0.1) is 12.6 Å². The maximum atomic E-state index is 12.3. The van der Waals surface area contributed by atoms with E-state index >= 15 is 0 Å². The SMILES string of the molecule is Cc1ccc(C#CCN)cc1C(=O)NCC1CCOC1C. The molecule has 0 aliphatic carbocycles. The maximum Gasteiger partial charge on any atom is 0.251 e. The second kappa shape index (κ2) is 7.26. The Hall–Kier alpha value is -1.83. The predicted octanol–water partition coefficient (Wildman–Crippen LogP) is 1.46. The van der Waals surface area contributed by atoms with Gasteiger partial charge in [-0.2, -0.15) is 0 Å². The van der Waals surface area contributed by atoms with Crippen LogP contribution in [0.4, 0.5) is 0 Å². The quantitative estimate of drug-likeness (QED) is 0.827. The Bertz CT molecular complexity index is 572. The molecular formula is C17H22N2O2. The van der Waals surface area contributed by atoms with E-state index in [0.29, 0.717) is 24.6 Å². The Kier molecular flexibility index (Phi) is 5.38. The number of carbonyl (C=O) groups excluding carboxylic acids is 1. The molecule has 1 aliphatic heterocycles. The highest BCUT2D eigenvalue weighted by molar-refractivity contribution is 5.96. The second-order valence-corrected chi connectivity index (χ2v) is 5.37. The van der Waals surface area contributed by atoms with Gasteiger partial charge in [0.15, 0.2) is 0 Å². The van der Waals surface area contributed by atoms with Crippen LogP contribution in [-0.4, -0.2) is 31.7 Å². The van der Waals surface area contributed by atoms with E-state index in [1.807, 2.05) is 25.1 Å². The fourth-order valence-corrected chi connectivity index (χ4v) is 2.46. The Labute approximate surface area is 126 Å². The van der Waals surface area contributed by atoms with Crippen LogP contribution in [0.5, 0.6) is 0 Å². The summed E-state index contributed by atoms with van der Waals surface area (Å²) in [4.78, 5) is 12.3. The molecule has 2 unspecified atom stereocenters. The molecule has 0 saturated carbocycles. The summed E-state index contributed by atoms with van der Waals surface area (Å²) >= 11 is 0. The highest BCUT2D eigenvalue weighted by Gasteiger charge is 2.24. The van der Waals surface area contributed by atoms with Crippen LogP contribution in [0.25, 0.3) is 0 Å². The van der Waals surface area contributed by atoms with E-state index in [1.165, 1.54) is 0 Å². The normalized spacial score (nSPS) is 20.7. The van der Waals surface area contributed by atoms with Crippen molar-refractivity contribution in [2.75, 3.05) is 19.7 Å². The van der Waals surface area contributed by atoms with Crippen LogP contribution in [0.2, 0.25) is 0 Å². The smallest absolute Gasteiger partial charge is 0.251 e. The van der Waals surface area contributed by atoms with Crippen LogP contribution in [0.15, 0.2) is 18.2 Å². The van der Waals surface area contributed by atoms with Gasteiger partial charge in [0, 0.05) is 30.2 Å². The van der Waals surface area contributed by atoms with Gasteiger partial charge in [-0.1, -0.05) is 17.9 Å². The lowest BCUT2D eigenvalue weighted by Gasteiger charge is -2.15.